The molecule has 0 saturated heterocycles. The topological polar surface area (TPSA) is 85.6 Å². The van der Waals surface area contributed by atoms with Crippen LogP contribution in [0, 0.1) is 0 Å². The zero-order chi connectivity index (χ0) is 17.8. The summed E-state index contributed by atoms with van der Waals surface area (Å²) in [6.45, 7) is 1.95. The molecule has 0 radical (unpaired) electrons. The standard InChI is InChI=1S/C15H15ClN6OS2/c1-3-11(24-15-21-17-8-22(15)2)12(23)18-14-20-19-13(25-14)9-4-6-10(16)7-5-9/h4-8,11H,3H2,1-2H3,(H,18,20,23)/t11-/m0/s1. The summed E-state index contributed by atoms with van der Waals surface area (Å²) < 4.78 is 1.78. The SMILES string of the molecule is CC[C@H](Sc1nncn1C)C(=O)Nc1nnc(-c2ccc(Cl)cc2)s1. The number of aryl methyl sites for hydroxylation is 1. The summed E-state index contributed by atoms with van der Waals surface area (Å²) in [5.74, 6) is -0.130. The van der Waals surface area contributed by atoms with Gasteiger partial charge in [-0.3, -0.25) is 10.1 Å². The van der Waals surface area contributed by atoms with Crippen LogP contribution in [0.4, 0.5) is 5.13 Å². The Morgan fingerprint density at radius 2 is 2.08 bits per heavy atom. The maximum Gasteiger partial charge on any atom is 0.239 e. The third kappa shape index (κ3) is 4.36. The number of amides is 1. The molecule has 1 amide bonds. The van der Waals surface area contributed by atoms with Crippen LogP contribution in [0.2, 0.25) is 5.02 Å². The van der Waals surface area contributed by atoms with E-state index < -0.39 is 0 Å². The van der Waals surface area contributed by atoms with Crippen LogP contribution in [0.15, 0.2) is 35.7 Å². The van der Waals surface area contributed by atoms with Gasteiger partial charge in [-0.1, -0.05) is 53.8 Å². The highest BCUT2D eigenvalue weighted by molar-refractivity contribution is 8.00. The lowest BCUT2D eigenvalue weighted by molar-refractivity contribution is -0.115. The van der Waals surface area contributed by atoms with E-state index >= 15 is 0 Å². The molecule has 0 aliphatic carbocycles. The number of nitrogens with zero attached hydrogens (tertiary/aromatic N) is 5. The second-order valence-electron chi connectivity index (χ2n) is 5.15. The number of carbonyl (C=O) groups excluding carboxylic acids is 1. The third-order valence-electron chi connectivity index (χ3n) is 3.33. The Kier molecular flexibility index (Phi) is 5.67. The van der Waals surface area contributed by atoms with E-state index in [4.69, 9.17) is 11.6 Å². The molecule has 10 heteroatoms. The van der Waals surface area contributed by atoms with Gasteiger partial charge >= 0.3 is 0 Å². The fraction of sp³-hybridized carbons (Fsp3) is 0.267. The van der Waals surface area contributed by atoms with Crippen molar-refractivity contribution in [3.8, 4) is 10.6 Å². The van der Waals surface area contributed by atoms with Gasteiger partial charge in [-0.15, -0.1) is 20.4 Å². The molecule has 0 unspecified atom stereocenters. The van der Waals surface area contributed by atoms with Crippen LogP contribution >= 0.6 is 34.7 Å². The van der Waals surface area contributed by atoms with Crippen LogP contribution < -0.4 is 5.32 Å². The molecule has 0 bridgehead atoms. The summed E-state index contributed by atoms with van der Waals surface area (Å²) in [5, 5.41) is 21.1. The largest absolute Gasteiger partial charge is 0.312 e. The van der Waals surface area contributed by atoms with Crippen LogP contribution in [0.25, 0.3) is 10.6 Å². The molecule has 130 valence electrons. The lowest BCUT2D eigenvalue weighted by Gasteiger charge is -2.12. The van der Waals surface area contributed by atoms with E-state index in [9.17, 15) is 4.79 Å². The van der Waals surface area contributed by atoms with Gasteiger partial charge in [0.05, 0.1) is 5.25 Å². The maximum atomic E-state index is 12.5. The molecule has 1 N–H and O–H groups in total. The Hall–Kier alpha value is -1.97. The van der Waals surface area contributed by atoms with E-state index in [1.54, 1.807) is 23.0 Å². The summed E-state index contributed by atoms with van der Waals surface area (Å²) in [5.41, 5.74) is 0.905. The van der Waals surface area contributed by atoms with Gasteiger partial charge < -0.3 is 4.57 Å². The van der Waals surface area contributed by atoms with Gasteiger partial charge in [0.25, 0.3) is 0 Å². The minimum Gasteiger partial charge on any atom is -0.312 e. The van der Waals surface area contributed by atoms with Gasteiger partial charge in [-0.05, 0) is 18.6 Å². The van der Waals surface area contributed by atoms with Gasteiger partial charge in [0.2, 0.25) is 11.0 Å². The number of halogens is 1. The normalized spacial score (nSPS) is 12.1. The average molecular weight is 395 g/mol. The average Bonchev–Trinajstić information content (AvgIpc) is 3.22. The Morgan fingerprint density at radius 3 is 2.72 bits per heavy atom. The number of rotatable bonds is 6. The minimum absolute atomic E-state index is 0.130. The van der Waals surface area contributed by atoms with Crippen LogP contribution in [0.5, 0.6) is 0 Å². The van der Waals surface area contributed by atoms with Gasteiger partial charge in [0.15, 0.2) is 5.16 Å². The van der Waals surface area contributed by atoms with Crippen molar-refractivity contribution in [3.63, 3.8) is 0 Å². The maximum absolute atomic E-state index is 12.5. The first-order valence-corrected chi connectivity index (χ1v) is 9.55. The van der Waals surface area contributed by atoms with Crippen molar-refractivity contribution in [3.05, 3.63) is 35.6 Å². The molecule has 0 saturated carbocycles. The summed E-state index contributed by atoms with van der Waals surface area (Å²) in [6, 6.07) is 7.32. The van der Waals surface area contributed by atoms with E-state index in [0.29, 0.717) is 21.7 Å². The molecule has 0 spiro atoms. The Morgan fingerprint density at radius 1 is 1.32 bits per heavy atom. The number of aromatic nitrogens is 5. The van der Waals surface area contributed by atoms with Crippen molar-refractivity contribution < 1.29 is 4.79 Å². The number of thioether (sulfide) groups is 1. The summed E-state index contributed by atoms with van der Waals surface area (Å²) in [4.78, 5) is 12.5. The monoisotopic (exact) mass is 394 g/mol. The molecule has 2 heterocycles. The smallest absolute Gasteiger partial charge is 0.239 e. The van der Waals surface area contributed by atoms with Crippen LogP contribution in [-0.4, -0.2) is 36.1 Å². The van der Waals surface area contributed by atoms with E-state index in [2.05, 4.69) is 25.7 Å². The Balaban J connectivity index is 1.68. The number of nitrogens with one attached hydrogen (secondary N) is 1. The summed E-state index contributed by atoms with van der Waals surface area (Å²) >= 11 is 8.58. The van der Waals surface area contributed by atoms with Gasteiger partial charge in [-0.2, -0.15) is 0 Å². The number of hydrogen-bond donors (Lipinski definition) is 1. The second kappa shape index (κ2) is 7.94. The third-order valence-corrected chi connectivity index (χ3v) is 5.88. The van der Waals surface area contributed by atoms with Gasteiger partial charge in [0.1, 0.15) is 11.3 Å². The van der Waals surface area contributed by atoms with E-state index in [0.717, 1.165) is 10.6 Å². The van der Waals surface area contributed by atoms with E-state index in [1.807, 2.05) is 26.1 Å². The quantitative estimate of drug-likeness (QED) is 0.644. The number of carbonyl (C=O) groups is 1. The van der Waals surface area contributed by atoms with Crippen LogP contribution in [0.1, 0.15) is 13.3 Å². The van der Waals surface area contributed by atoms with Gasteiger partial charge in [-0.25, -0.2) is 0 Å². The fourth-order valence-electron chi connectivity index (χ4n) is 2.00. The first kappa shape index (κ1) is 17.8. The molecule has 7 nitrogen and oxygen atoms in total. The van der Waals surface area contributed by atoms with E-state index in [-0.39, 0.29) is 11.2 Å². The Bertz CT molecular complexity index is 863. The zero-order valence-corrected chi connectivity index (χ0v) is 15.9. The fourth-order valence-corrected chi connectivity index (χ4v) is 3.77. The molecule has 0 fully saturated rings. The molecule has 0 aliphatic rings. The van der Waals surface area contributed by atoms with Gasteiger partial charge in [0, 0.05) is 17.6 Å². The number of hydrogen-bond acceptors (Lipinski definition) is 7. The summed E-state index contributed by atoms with van der Waals surface area (Å²) in [6.07, 6.45) is 2.27. The predicted octanol–water partition coefficient (Wildman–Crippen LogP) is 3.50. The van der Waals surface area contributed by atoms with Crippen molar-refractivity contribution in [2.45, 2.75) is 23.8 Å². The molecular formula is C15H15ClN6OS2. The predicted molar refractivity (Wildman–Crippen MR) is 99.9 cm³/mol. The molecule has 1 atom stereocenters. The first-order chi connectivity index (χ1) is 12.1. The van der Waals surface area contributed by atoms with Crippen LogP contribution in [0.3, 0.4) is 0 Å². The highest BCUT2D eigenvalue weighted by atomic mass is 35.5. The van der Waals surface area contributed by atoms with Crippen molar-refractivity contribution in [1.29, 1.82) is 0 Å². The zero-order valence-electron chi connectivity index (χ0n) is 13.5. The number of anilines is 1. The lowest BCUT2D eigenvalue weighted by Crippen LogP contribution is -2.24. The second-order valence-corrected chi connectivity index (χ2v) is 7.73. The van der Waals surface area contributed by atoms with Crippen molar-refractivity contribution >= 4 is 45.7 Å². The van der Waals surface area contributed by atoms with Crippen molar-refractivity contribution in [2.75, 3.05) is 5.32 Å². The number of benzene rings is 1. The highest BCUT2D eigenvalue weighted by Gasteiger charge is 2.21. The molecule has 3 rings (SSSR count). The minimum atomic E-state index is -0.286. The first-order valence-electron chi connectivity index (χ1n) is 7.47. The molecule has 0 aliphatic heterocycles. The summed E-state index contributed by atoms with van der Waals surface area (Å²) in [7, 11) is 1.84. The molecule has 2 aromatic heterocycles. The van der Waals surface area contributed by atoms with Crippen molar-refractivity contribution in [2.24, 2.45) is 7.05 Å². The van der Waals surface area contributed by atoms with Crippen LogP contribution in [-0.2, 0) is 11.8 Å². The Labute approximate surface area is 157 Å². The molecule has 25 heavy (non-hydrogen) atoms. The molecule has 1 aromatic carbocycles. The van der Waals surface area contributed by atoms with Crippen molar-refractivity contribution in [1.82, 2.24) is 25.0 Å². The molecular weight excluding hydrogens is 380 g/mol. The molecule has 3 aromatic rings. The highest BCUT2D eigenvalue weighted by Crippen LogP contribution is 2.29. The lowest BCUT2D eigenvalue weighted by atomic mass is 10.2. The van der Waals surface area contributed by atoms with E-state index in [1.165, 1.54) is 23.1 Å².